The average Bonchev–Trinajstić information content (AvgIpc) is 3.27. The molecule has 1 atom stereocenters. The third-order valence-corrected chi connectivity index (χ3v) is 6.37. The Morgan fingerprint density at radius 3 is 2.64 bits per heavy atom. The average molecular weight is 511 g/mol. The first kappa shape index (κ1) is 25.8. The molecule has 0 spiro atoms. The zero-order valence-electron chi connectivity index (χ0n) is 19.8. The molecule has 2 amide bonds. The van der Waals surface area contributed by atoms with E-state index in [-0.39, 0.29) is 49.9 Å². The molecule has 14 heteroatoms. The van der Waals surface area contributed by atoms with Crippen molar-refractivity contribution in [1.29, 1.82) is 0 Å². The van der Waals surface area contributed by atoms with Gasteiger partial charge in [0.2, 0.25) is 11.7 Å². The maximum absolute atomic E-state index is 13.0. The van der Waals surface area contributed by atoms with Gasteiger partial charge in [-0.1, -0.05) is 0 Å². The number of aliphatic hydroxyl groups excluding tert-OH is 1. The predicted molar refractivity (Wildman–Crippen MR) is 122 cm³/mol. The highest BCUT2D eigenvalue weighted by Gasteiger charge is 2.39. The number of carbonyl (C=O) groups is 2. The van der Waals surface area contributed by atoms with Crippen LogP contribution in [0.15, 0.2) is 18.3 Å². The van der Waals surface area contributed by atoms with Crippen molar-refractivity contribution in [2.45, 2.75) is 51.2 Å². The summed E-state index contributed by atoms with van der Waals surface area (Å²) in [6.45, 7) is 3.52. The second-order valence-corrected chi connectivity index (χ2v) is 9.04. The van der Waals surface area contributed by atoms with Crippen LogP contribution in [-0.2, 0) is 24.1 Å². The molecule has 11 nitrogen and oxygen atoms in total. The van der Waals surface area contributed by atoms with Crippen LogP contribution in [-0.4, -0.2) is 91.3 Å². The van der Waals surface area contributed by atoms with Gasteiger partial charge in [-0.25, -0.2) is 4.98 Å². The minimum atomic E-state index is -4.56. The highest BCUT2D eigenvalue weighted by molar-refractivity contribution is 5.94. The van der Waals surface area contributed by atoms with E-state index in [9.17, 15) is 27.9 Å². The first-order valence-electron chi connectivity index (χ1n) is 11.8. The van der Waals surface area contributed by atoms with E-state index >= 15 is 0 Å². The number of rotatable bonds is 7. The summed E-state index contributed by atoms with van der Waals surface area (Å²) >= 11 is 0. The van der Waals surface area contributed by atoms with Crippen molar-refractivity contribution >= 4 is 17.6 Å². The molecule has 0 radical (unpaired) electrons. The quantitative estimate of drug-likeness (QED) is 0.497. The second-order valence-electron chi connectivity index (χ2n) is 9.04. The van der Waals surface area contributed by atoms with Crippen LogP contribution in [0.5, 0.6) is 0 Å². The van der Waals surface area contributed by atoms with Gasteiger partial charge in [0, 0.05) is 64.0 Å². The Hall–Kier alpha value is -3.26. The summed E-state index contributed by atoms with van der Waals surface area (Å²) in [5.74, 6) is -0.586. The van der Waals surface area contributed by atoms with E-state index in [1.807, 2.05) is 0 Å². The molecule has 0 bridgehead atoms. The molecule has 0 aliphatic carbocycles. The van der Waals surface area contributed by atoms with Crippen molar-refractivity contribution in [2.75, 3.05) is 38.0 Å². The number of anilines is 1. The Kier molecular flexibility index (Phi) is 7.73. The molecule has 4 rings (SSSR count). The molecule has 36 heavy (non-hydrogen) atoms. The summed E-state index contributed by atoms with van der Waals surface area (Å²) in [5.41, 5.74) is 0.381. The summed E-state index contributed by atoms with van der Waals surface area (Å²) in [6, 6.07) is 3.35. The Morgan fingerprint density at radius 2 is 1.94 bits per heavy atom. The fourth-order valence-electron chi connectivity index (χ4n) is 4.45. The molecule has 3 N–H and O–H groups in total. The van der Waals surface area contributed by atoms with Crippen LogP contribution in [0.3, 0.4) is 0 Å². The van der Waals surface area contributed by atoms with Crippen LogP contribution in [0.1, 0.15) is 41.8 Å². The lowest BCUT2D eigenvalue weighted by atomic mass is 10.0. The minimum Gasteiger partial charge on any atom is -0.390 e. The van der Waals surface area contributed by atoms with Gasteiger partial charge in [0.25, 0.3) is 5.91 Å². The smallest absolute Gasteiger partial charge is 0.390 e. The largest absolute Gasteiger partial charge is 0.451 e. The molecule has 4 heterocycles. The van der Waals surface area contributed by atoms with Gasteiger partial charge in [0.05, 0.1) is 12.6 Å². The first-order chi connectivity index (χ1) is 17.1. The monoisotopic (exact) mass is 510 g/mol. The lowest BCUT2D eigenvalue weighted by Crippen LogP contribution is -2.43. The van der Waals surface area contributed by atoms with Gasteiger partial charge in [-0.15, -0.1) is 10.2 Å². The number of carbonyl (C=O) groups excluding carboxylic acids is 2. The number of aliphatic hydroxyl groups is 1. The van der Waals surface area contributed by atoms with Gasteiger partial charge in [-0.3, -0.25) is 14.5 Å². The second kappa shape index (κ2) is 10.8. The number of amides is 2. The van der Waals surface area contributed by atoms with Gasteiger partial charge < -0.3 is 25.2 Å². The van der Waals surface area contributed by atoms with Gasteiger partial charge in [0.15, 0.2) is 0 Å². The number of halogens is 3. The summed E-state index contributed by atoms with van der Waals surface area (Å²) < 4.78 is 40.0. The van der Waals surface area contributed by atoms with Crippen LogP contribution >= 0.6 is 0 Å². The third kappa shape index (κ3) is 6.29. The molecular weight excluding hydrogens is 481 g/mol. The Balaban J connectivity index is 1.24. The van der Waals surface area contributed by atoms with Crippen LogP contribution in [0.2, 0.25) is 0 Å². The summed E-state index contributed by atoms with van der Waals surface area (Å²) in [5, 5.41) is 23.2. The van der Waals surface area contributed by atoms with E-state index < -0.39 is 18.1 Å². The molecule has 1 fully saturated rings. The molecule has 2 aromatic rings. The topological polar surface area (TPSA) is 129 Å². The number of hydrogen-bond donors (Lipinski definition) is 3. The van der Waals surface area contributed by atoms with E-state index in [1.165, 1.54) is 6.20 Å². The molecule has 2 aliphatic heterocycles. The highest BCUT2D eigenvalue weighted by atomic mass is 19.4. The van der Waals surface area contributed by atoms with Crippen molar-refractivity contribution in [3.63, 3.8) is 0 Å². The third-order valence-electron chi connectivity index (χ3n) is 6.37. The lowest BCUT2D eigenvalue weighted by molar-refractivity contribution is -0.148. The number of aromatic nitrogens is 4. The van der Waals surface area contributed by atoms with E-state index in [4.69, 9.17) is 0 Å². The Morgan fingerprint density at radius 1 is 1.19 bits per heavy atom. The zero-order chi connectivity index (χ0) is 25.9. The van der Waals surface area contributed by atoms with E-state index in [2.05, 4.69) is 25.8 Å². The van der Waals surface area contributed by atoms with Crippen molar-refractivity contribution in [3.8, 4) is 0 Å². The molecular formula is C22H29F3N8O3. The SMILES string of the molecule is CC(=O)N1CCC(Nc2cc(C(=O)NC[C@H](O)CN3CCn4c(nnc4C(F)(F)F)C3)ccn2)CC1. The number of nitrogens with one attached hydrogen (secondary N) is 2. The fourth-order valence-corrected chi connectivity index (χ4v) is 4.45. The van der Waals surface area contributed by atoms with Crippen molar-refractivity contribution in [3.05, 3.63) is 35.5 Å². The number of fused-ring (bicyclic) bond motifs is 1. The van der Waals surface area contributed by atoms with E-state index in [1.54, 1.807) is 28.9 Å². The van der Waals surface area contributed by atoms with Gasteiger partial charge in [-0.2, -0.15) is 13.2 Å². The molecule has 2 aliphatic rings. The maximum Gasteiger partial charge on any atom is 0.451 e. The first-order valence-corrected chi connectivity index (χ1v) is 11.8. The number of piperidine rings is 1. The molecule has 0 saturated carbocycles. The Labute approximate surface area is 205 Å². The van der Waals surface area contributed by atoms with E-state index in [0.717, 1.165) is 17.4 Å². The van der Waals surface area contributed by atoms with Gasteiger partial charge in [0.1, 0.15) is 11.6 Å². The summed E-state index contributed by atoms with van der Waals surface area (Å²) in [4.78, 5) is 31.9. The van der Waals surface area contributed by atoms with Crippen molar-refractivity contribution in [1.82, 2.24) is 34.9 Å². The number of likely N-dealkylation sites (tertiary alicyclic amines) is 1. The number of alkyl halides is 3. The van der Waals surface area contributed by atoms with Gasteiger partial charge in [-0.05, 0) is 25.0 Å². The number of pyridine rings is 1. The van der Waals surface area contributed by atoms with Gasteiger partial charge >= 0.3 is 6.18 Å². The molecule has 2 aromatic heterocycles. The van der Waals surface area contributed by atoms with Crippen LogP contribution in [0.25, 0.3) is 0 Å². The molecule has 0 unspecified atom stereocenters. The predicted octanol–water partition coefficient (Wildman–Crippen LogP) is 0.721. The standard InChI is InChI=1S/C22H29F3N8O3/c1-14(34)32-6-3-16(4-7-32)28-18-10-15(2-5-26-18)20(36)27-11-17(35)12-31-8-9-33-19(13-31)29-30-21(33)22(23,24)25/h2,5,10,16-17,35H,3-4,6-9,11-13H2,1H3,(H,26,28)(H,27,36)/t17-/m0/s1. The lowest BCUT2D eigenvalue weighted by Gasteiger charge is -2.32. The minimum absolute atomic E-state index is 0.0234. The zero-order valence-corrected chi connectivity index (χ0v) is 19.8. The highest BCUT2D eigenvalue weighted by Crippen LogP contribution is 2.29. The number of nitrogens with zero attached hydrogens (tertiary/aromatic N) is 6. The van der Waals surface area contributed by atoms with Crippen molar-refractivity contribution < 1.29 is 27.9 Å². The number of β-amino-alcohol motifs (C(OH)–C–C–N with tert-alkyl or cyclic N) is 1. The van der Waals surface area contributed by atoms with E-state index in [0.29, 0.717) is 31.0 Å². The molecule has 1 saturated heterocycles. The normalized spacial score (nSPS) is 18.0. The molecule has 196 valence electrons. The summed E-state index contributed by atoms with van der Waals surface area (Å²) in [6.07, 6.45) is -2.39. The fraction of sp³-hybridized carbons (Fsp3) is 0.591. The summed E-state index contributed by atoms with van der Waals surface area (Å²) in [7, 11) is 0. The number of hydrogen-bond acceptors (Lipinski definition) is 8. The van der Waals surface area contributed by atoms with Crippen LogP contribution in [0.4, 0.5) is 19.0 Å². The Bertz CT molecular complexity index is 1080. The van der Waals surface area contributed by atoms with Crippen molar-refractivity contribution in [2.24, 2.45) is 0 Å². The van der Waals surface area contributed by atoms with Crippen LogP contribution < -0.4 is 10.6 Å². The molecule has 0 aromatic carbocycles. The maximum atomic E-state index is 13.0. The van der Waals surface area contributed by atoms with Crippen LogP contribution in [0, 0.1) is 0 Å².